The highest BCUT2D eigenvalue weighted by atomic mass is 19.4. The number of alkyl halides is 5. The smallest absolute Gasteiger partial charge is 0.438 e. The van der Waals surface area contributed by atoms with Crippen LogP contribution in [0, 0.1) is 5.82 Å². The van der Waals surface area contributed by atoms with Crippen LogP contribution >= 0.6 is 0 Å². The number of aromatic nitrogens is 4. The fraction of sp³-hybridized carbons (Fsp3) is 0.300. The van der Waals surface area contributed by atoms with Gasteiger partial charge in [0.1, 0.15) is 17.9 Å². The van der Waals surface area contributed by atoms with Crippen LogP contribution < -0.4 is 20.3 Å². The molecule has 0 aliphatic heterocycles. The predicted octanol–water partition coefficient (Wildman–Crippen LogP) is 6.20. The first kappa shape index (κ1) is 33.9. The summed E-state index contributed by atoms with van der Waals surface area (Å²) in [5.41, 5.74) is -1.83. The van der Waals surface area contributed by atoms with E-state index in [2.05, 4.69) is 30.6 Å². The summed E-state index contributed by atoms with van der Waals surface area (Å²) in [7, 11) is 6.92. The Morgan fingerprint density at radius 1 is 0.957 bits per heavy atom. The van der Waals surface area contributed by atoms with Crippen LogP contribution in [0.4, 0.5) is 43.7 Å². The van der Waals surface area contributed by atoms with Gasteiger partial charge in [-0.05, 0) is 69.5 Å². The topological polar surface area (TPSA) is 108 Å². The molecule has 0 saturated carbocycles. The molecule has 0 atom stereocenters. The van der Waals surface area contributed by atoms with Crippen molar-refractivity contribution < 1.29 is 35.9 Å². The highest BCUT2D eigenvalue weighted by Crippen LogP contribution is 2.45. The van der Waals surface area contributed by atoms with Crippen molar-refractivity contribution in [1.29, 1.82) is 0 Å². The summed E-state index contributed by atoms with van der Waals surface area (Å²) in [5, 5.41) is 5.10. The predicted molar refractivity (Wildman–Crippen MR) is 160 cm³/mol. The number of carbonyl (C=O) groups excluding carboxylic acids is 1. The Balaban J connectivity index is 1.66. The first-order valence-corrected chi connectivity index (χ1v) is 13.8. The molecule has 0 saturated heterocycles. The third-order valence-corrected chi connectivity index (χ3v) is 6.68. The van der Waals surface area contributed by atoms with E-state index >= 15 is 0 Å². The number of hydrogen-bond donors (Lipinski definition) is 2. The molecule has 4 aromatic rings. The normalized spacial score (nSPS) is 11.8. The van der Waals surface area contributed by atoms with Crippen LogP contribution in [0.15, 0.2) is 61.1 Å². The zero-order chi connectivity index (χ0) is 33.6. The Labute approximate surface area is 260 Å². The van der Waals surface area contributed by atoms with Crippen molar-refractivity contribution in [2.45, 2.75) is 18.5 Å². The molecule has 10 nitrogen and oxygen atoms in total. The van der Waals surface area contributed by atoms with Crippen molar-refractivity contribution in [3.8, 4) is 23.0 Å². The number of amides is 1. The second-order valence-corrected chi connectivity index (χ2v) is 10.3. The maximum absolute atomic E-state index is 15.0. The summed E-state index contributed by atoms with van der Waals surface area (Å²) >= 11 is 0. The molecule has 46 heavy (non-hydrogen) atoms. The van der Waals surface area contributed by atoms with Crippen molar-refractivity contribution in [3.05, 3.63) is 78.0 Å². The summed E-state index contributed by atoms with van der Waals surface area (Å²) < 4.78 is 89.0. The third-order valence-electron chi connectivity index (χ3n) is 6.68. The van der Waals surface area contributed by atoms with E-state index in [0.29, 0.717) is 37.2 Å². The lowest BCUT2D eigenvalue weighted by atomic mass is 10.0. The van der Waals surface area contributed by atoms with Gasteiger partial charge in [0.15, 0.2) is 5.82 Å². The van der Waals surface area contributed by atoms with Crippen molar-refractivity contribution in [1.82, 2.24) is 24.8 Å². The second kappa shape index (κ2) is 14.0. The number of nitrogens with zero attached hydrogens (tertiary/aromatic N) is 6. The minimum absolute atomic E-state index is 0.0115. The van der Waals surface area contributed by atoms with Crippen molar-refractivity contribution in [2.75, 3.05) is 56.8 Å². The van der Waals surface area contributed by atoms with Crippen LogP contribution in [-0.2, 0) is 5.92 Å². The first-order chi connectivity index (χ1) is 21.7. The van der Waals surface area contributed by atoms with E-state index in [1.54, 1.807) is 31.1 Å². The van der Waals surface area contributed by atoms with E-state index in [9.17, 15) is 31.1 Å². The maximum atomic E-state index is 15.0. The molecule has 2 N–H and O–H groups in total. The summed E-state index contributed by atoms with van der Waals surface area (Å²) in [6.07, 6.45) is -2.57. The molecule has 2 aromatic carbocycles. The van der Waals surface area contributed by atoms with Gasteiger partial charge >= 0.3 is 12.1 Å². The number of hydrogen-bond acceptors (Lipinski definition) is 9. The highest BCUT2D eigenvalue weighted by Gasteiger charge is 2.58. The number of halogens is 6. The van der Waals surface area contributed by atoms with E-state index in [4.69, 9.17) is 4.74 Å². The fourth-order valence-corrected chi connectivity index (χ4v) is 4.30. The quantitative estimate of drug-likeness (QED) is 0.174. The van der Waals surface area contributed by atoms with Gasteiger partial charge in [-0.1, -0.05) is 6.07 Å². The van der Waals surface area contributed by atoms with Gasteiger partial charge in [0.2, 0.25) is 11.8 Å². The van der Waals surface area contributed by atoms with Gasteiger partial charge in [0.25, 0.3) is 5.91 Å². The van der Waals surface area contributed by atoms with Crippen LogP contribution in [0.5, 0.6) is 11.6 Å². The van der Waals surface area contributed by atoms with E-state index in [1.165, 1.54) is 18.6 Å². The SMILES string of the molecule is CNc1ncnc(-c2cccnc2Oc2ccc(F)c(C(=O)Nc3cc(C(F)(F)C(F)(F)F)ccc3N(C)CCCN(C)C)c2)n1. The molecule has 0 radical (unpaired) electrons. The lowest BCUT2D eigenvalue weighted by molar-refractivity contribution is -0.289. The molecule has 244 valence electrons. The number of nitrogens with one attached hydrogen (secondary N) is 2. The molecule has 2 aromatic heterocycles. The van der Waals surface area contributed by atoms with Gasteiger partial charge in [-0.2, -0.15) is 26.9 Å². The maximum Gasteiger partial charge on any atom is 0.458 e. The summed E-state index contributed by atoms with van der Waals surface area (Å²) in [6.45, 7) is 1.04. The molecule has 0 unspecified atom stereocenters. The lowest BCUT2D eigenvalue weighted by Crippen LogP contribution is -2.34. The van der Waals surface area contributed by atoms with Crippen LogP contribution in [0.3, 0.4) is 0 Å². The summed E-state index contributed by atoms with van der Waals surface area (Å²) in [4.78, 5) is 33.4. The Morgan fingerprint density at radius 2 is 1.72 bits per heavy atom. The van der Waals surface area contributed by atoms with Gasteiger partial charge in [-0.15, -0.1) is 0 Å². The Hall–Kier alpha value is -4.99. The minimum atomic E-state index is -5.88. The first-order valence-electron chi connectivity index (χ1n) is 13.8. The average Bonchev–Trinajstić information content (AvgIpc) is 3.01. The largest absolute Gasteiger partial charge is 0.458 e. The Kier molecular flexibility index (Phi) is 10.3. The lowest BCUT2D eigenvalue weighted by Gasteiger charge is -2.26. The van der Waals surface area contributed by atoms with Gasteiger partial charge in [0, 0.05) is 32.4 Å². The van der Waals surface area contributed by atoms with Gasteiger partial charge < -0.3 is 25.2 Å². The number of carbonyl (C=O) groups is 1. The molecule has 1 amide bonds. The Morgan fingerprint density at radius 3 is 2.41 bits per heavy atom. The van der Waals surface area contributed by atoms with Gasteiger partial charge in [-0.25, -0.2) is 19.3 Å². The molecule has 4 rings (SSSR count). The van der Waals surface area contributed by atoms with Crippen LogP contribution in [0.2, 0.25) is 0 Å². The van der Waals surface area contributed by atoms with E-state index in [-0.39, 0.29) is 34.8 Å². The van der Waals surface area contributed by atoms with E-state index in [1.807, 2.05) is 19.0 Å². The van der Waals surface area contributed by atoms with Crippen molar-refractivity contribution in [3.63, 3.8) is 0 Å². The molecule has 0 bridgehead atoms. The highest BCUT2D eigenvalue weighted by molar-refractivity contribution is 6.06. The number of anilines is 3. The number of ether oxygens (including phenoxy) is 1. The van der Waals surface area contributed by atoms with Gasteiger partial charge in [-0.3, -0.25) is 4.79 Å². The van der Waals surface area contributed by atoms with E-state index in [0.717, 1.165) is 18.2 Å². The van der Waals surface area contributed by atoms with Crippen molar-refractivity contribution in [2.24, 2.45) is 0 Å². The zero-order valence-electron chi connectivity index (χ0n) is 25.2. The molecule has 0 spiro atoms. The molecule has 2 heterocycles. The minimum Gasteiger partial charge on any atom is -0.438 e. The number of rotatable bonds is 12. The summed E-state index contributed by atoms with van der Waals surface area (Å²) in [6, 6.07) is 8.68. The zero-order valence-corrected chi connectivity index (χ0v) is 25.2. The monoisotopic (exact) mass is 648 g/mol. The molecule has 0 aliphatic rings. The average molecular weight is 649 g/mol. The molecular weight excluding hydrogens is 618 g/mol. The molecule has 0 fully saturated rings. The molecule has 0 aliphatic carbocycles. The molecular formula is C30H30F6N8O2. The Bertz CT molecular complexity index is 1690. The van der Waals surface area contributed by atoms with Crippen LogP contribution in [0.25, 0.3) is 11.4 Å². The fourth-order valence-electron chi connectivity index (χ4n) is 4.30. The number of benzene rings is 2. The third kappa shape index (κ3) is 7.80. The second-order valence-electron chi connectivity index (χ2n) is 10.3. The van der Waals surface area contributed by atoms with Gasteiger partial charge in [0.05, 0.1) is 22.5 Å². The van der Waals surface area contributed by atoms with E-state index < -0.39 is 35.0 Å². The standard InChI is InChI=1S/C30H30F6N8O2/c1-37-28-40-17-39-25(42-28)20-7-5-12-38-27(20)46-19-9-10-22(31)21(16-19)26(45)41-23-15-18(29(32,33)30(34,35)36)8-11-24(23)44(4)14-6-13-43(2)3/h5,7-12,15-17H,6,13-14H2,1-4H3,(H,41,45)(H,37,39,40,42). The number of pyridine rings is 1. The van der Waals surface area contributed by atoms with Crippen molar-refractivity contribution >= 4 is 23.2 Å². The van der Waals surface area contributed by atoms with Crippen LogP contribution in [0.1, 0.15) is 22.3 Å². The van der Waals surface area contributed by atoms with Crippen LogP contribution in [-0.4, -0.2) is 78.2 Å². The summed E-state index contributed by atoms with van der Waals surface area (Å²) in [5.74, 6) is -6.86. The molecule has 16 heteroatoms.